The van der Waals surface area contributed by atoms with Gasteiger partial charge in [0.25, 0.3) is 5.91 Å². The number of rotatable bonds is 3. The average molecular weight is 300 g/mol. The summed E-state index contributed by atoms with van der Waals surface area (Å²) in [4.78, 5) is 12.4. The molecule has 1 aliphatic carbocycles. The highest BCUT2D eigenvalue weighted by atomic mass is 35.5. The van der Waals surface area contributed by atoms with E-state index in [0.29, 0.717) is 16.5 Å². The van der Waals surface area contributed by atoms with E-state index in [4.69, 9.17) is 23.2 Å². The summed E-state index contributed by atoms with van der Waals surface area (Å²) in [5, 5.41) is 3.60. The van der Waals surface area contributed by atoms with E-state index in [2.05, 4.69) is 5.32 Å². The molecule has 0 saturated heterocycles. The van der Waals surface area contributed by atoms with E-state index < -0.39 is 0 Å². The molecule has 104 valence electrons. The molecule has 0 aromatic heterocycles. The number of hydrogen-bond donors (Lipinski definition) is 1. The SMILES string of the molecule is Cc1ccc(C(=O)NC2(CCl)CCCCC2)c(Cl)c1. The minimum Gasteiger partial charge on any atom is -0.345 e. The Morgan fingerprint density at radius 1 is 1.32 bits per heavy atom. The maximum absolute atomic E-state index is 12.4. The lowest BCUT2D eigenvalue weighted by atomic mass is 9.83. The fraction of sp³-hybridized carbons (Fsp3) is 0.533. The second kappa shape index (κ2) is 6.15. The van der Waals surface area contributed by atoms with E-state index in [1.165, 1.54) is 6.42 Å². The zero-order valence-corrected chi connectivity index (χ0v) is 12.7. The topological polar surface area (TPSA) is 29.1 Å². The van der Waals surface area contributed by atoms with Crippen molar-refractivity contribution in [1.29, 1.82) is 0 Å². The van der Waals surface area contributed by atoms with Gasteiger partial charge in [-0.25, -0.2) is 0 Å². The number of amides is 1. The molecule has 1 aromatic rings. The van der Waals surface area contributed by atoms with Crippen LogP contribution < -0.4 is 5.32 Å². The van der Waals surface area contributed by atoms with Crippen LogP contribution in [0.4, 0.5) is 0 Å². The number of carbonyl (C=O) groups excluding carboxylic acids is 1. The first-order valence-electron chi connectivity index (χ1n) is 6.71. The van der Waals surface area contributed by atoms with E-state index in [1.54, 1.807) is 6.07 Å². The van der Waals surface area contributed by atoms with E-state index in [9.17, 15) is 4.79 Å². The van der Waals surface area contributed by atoms with Crippen molar-refractivity contribution in [3.63, 3.8) is 0 Å². The van der Waals surface area contributed by atoms with Crippen LogP contribution in [0.2, 0.25) is 5.02 Å². The van der Waals surface area contributed by atoms with Gasteiger partial charge in [-0.2, -0.15) is 0 Å². The van der Waals surface area contributed by atoms with Crippen LogP contribution in [-0.2, 0) is 0 Å². The van der Waals surface area contributed by atoms with E-state index >= 15 is 0 Å². The first-order chi connectivity index (χ1) is 9.06. The number of alkyl halides is 1. The van der Waals surface area contributed by atoms with Crippen molar-refractivity contribution in [2.45, 2.75) is 44.6 Å². The van der Waals surface area contributed by atoms with Gasteiger partial charge in [0.2, 0.25) is 0 Å². The molecule has 1 N–H and O–H groups in total. The molecule has 4 heteroatoms. The Balaban J connectivity index is 2.15. The normalized spacial score (nSPS) is 18.1. The summed E-state index contributed by atoms with van der Waals surface area (Å²) in [6, 6.07) is 5.48. The van der Waals surface area contributed by atoms with Crippen LogP contribution in [0.5, 0.6) is 0 Å². The number of carbonyl (C=O) groups is 1. The zero-order valence-electron chi connectivity index (χ0n) is 11.1. The quantitative estimate of drug-likeness (QED) is 0.828. The molecule has 19 heavy (non-hydrogen) atoms. The highest BCUT2D eigenvalue weighted by molar-refractivity contribution is 6.34. The summed E-state index contributed by atoms with van der Waals surface area (Å²) in [6.07, 6.45) is 5.36. The zero-order chi connectivity index (χ0) is 13.9. The maximum Gasteiger partial charge on any atom is 0.253 e. The lowest BCUT2D eigenvalue weighted by Gasteiger charge is -2.36. The minimum atomic E-state index is -0.259. The van der Waals surface area contributed by atoms with Gasteiger partial charge in [-0.3, -0.25) is 4.79 Å². The van der Waals surface area contributed by atoms with E-state index in [0.717, 1.165) is 31.2 Å². The van der Waals surface area contributed by atoms with Gasteiger partial charge in [-0.05, 0) is 37.5 Å². The number of aryl methyl sites for hydroxylation is 1. The molecule has 2 rings (SSSR count). The third-order valence-electron chi connectivity index (χ3n) is 3.81. The third-order valence-corrected chi connectivity index (χ3v) is 4.64. The molecule has 2 nitrogen and oxygen atoms in total. The van der Waals surface area contributed by atoms with Crippen molar-refractivity contribution in [2.75, 3.05) is 5.88 Å². The van der Waals surface area contributed by atoms with Crippen molar-refractivity contribution in [3.05, 3.63) is 34.3 Å². The predicted molar refractivity (Wildman–Crippen MR) is 80.2 cm³/mol. The number of halogens is 2. The molecule has 0 aliphatic heterocycles. The smallest absolute Gasteiger partial charge is 0.253 e. The molecule has 1 aromatic carbocycles. The van der Waals surface area contributed by atoms with E-state index in [1.807, 2.05) is 19.1 Å². The Bertz CT molecular complexity index is 467. The second-order valence-electron chi connectivity index (χ2n) is 5.41. The van der Waals surface area contributed by atoms with Gasteiger partial charge < -0.3 is 5.32 Å². The molecule has 1 fully saturated rings. The summed E-state index contributed by atoms with van der Waals surface area (Å²) < 4.78 is 0. The summed E-state index contributed by atoms with van der Waals surface area (Å²) >= 11 is 12.2. The standard InChI is InChI=1S/C15H19Cl2NO/c1-11-5-6-12(13(17)9-11)14(19)18-15(10-16)7-3-2-4-8-15/h5-6,9H,2-4,7-8,10H2,1H3,(H,18,19). The fourth-order valence-corrected chi connectivity index (χ4v) is 3.29. The molecule has 1 saturated carbocycles. The lowest BCUT2D eigenvalue weighted by Crippen LogP contribution is -2.51. The molecule has 0 radical (unpaired) electrons. The predicted octanol–water partition coefficient (Wildman–Crippen LogP) is 4.32. The van der Waals surface area contributed by atoms with Crippen molar-refractivity contribution in [2.24, 2.45) is 0 Å². The maximum atomic E-state index is 12.4. The Hall–Kier alpha value is -0.730. The fourth-order valence-electron chi connectivity index (χ4n) is 2.63. The Morgan fingerprint density at radius 3 is 2.58 bits per heavy atom. The third kappa shape index (κ3) is 3.43. The van der Waals surface area contributed by atoms with Gasteiger partial charge in [0.15, 0.2) is 0 Å². The van der Waals surface area contributed by atoms with Crippen LogP contribution in [0.3, 0.4) is 0 Å². The summed E-state index contributed by atoms with van der Waals surface area (Å²) in [6.45, 7) is 1.95. The molecule has 0 heterocycles. The summed E-state index contributed by atoms with van der Waals surface area (Å²) in [7, 11) is 0. The second-order valence-corrected chi connectivity index (χ2v) is 6.09. The molecular formula is C15H19Cl2NO. The first kappa shape index (κ1) is 14.7. The number of benzene rings is 1. The van der Waals surface area contributed by atoms with Crippen LogP contribution in [0, 0.1) is 6.92 Å². The largest absolute Gasteiger partial charge is 0.345 e. The first-order valence-corrected chi connectivity index (χ1v) is 7.62. The van der Waals surface area contributed by atoms with Crippen LogP contribution in [-0.4, -0.2) is 17.3 Å². The highest BCUT2D eigenvalue weighted by Crippen LogP contribution is 2.30. The molecule has 1 aliphatic rings. The van der Waals surface area contributed by atoms with Gasteiger partial charge in [0.05, 0.1) is 16.1 Å². The minimum absolute atomic E-state index is 0.118. The Morgan fingerprint density at radius 2 is 2.00 bits per heavy atom. The van der Waals surface area contributed by atoms with Crippen LogP contribution in [0.1, 0.15) is 48.0 Å². The van der Waals surface area contributed by atoms with Gasteiger partial charge in [-0.15, -0.1) is 11.6 Å². The Labute approximate surface area is 124 Å². The van der Waals surface area contributed by atoms with Crippen molar-refractivity contribution >= 4 is 29.1 Å². The van der Waals surface area contributed by atoms with Crippen molar-refractivity contribution in [1.82, 2.24) is 5.32 Å². The van der Waals surface area contributed by atoms with Gasteiger partial charge in [-0.1, -0.05) is 36.9 Å². The number of hydrogen-bond acceptors (Lipinski definition) is 1. The average Bonchev–Trinajstić information content (AvgIpc) is 2.39. The van der Waals surface area contributed by atoms with Gasteiger partial charge >= 0.3 is 0 Å². The molecular weight excluding hydrogens is 281 g/mol. The highest BCUT2D eigenvalue weighted by Gasteiger charge is 2.33. The monoisotopic (exact) mass is 299 g/mol. The molecule has 0 spiro atoms. The molecule has 0 bridgehead atoms. The summed E-state index contributed by atoms with van der Waals surface area (Å²) in [5.74, 6) is 0.343. The van der Waals surface area contributed by atoms with Crippen molar-refractivity contribution in [3.8, 4) is 0 Å². The molecule has 0 atom stereocenters. The van der Waals surface area contributed by atoms with Crippen molar-refractivity contribution < 1.29 is 4.79 Å². The summed E-state index contributed by atoms with van der Waals surface area (Å²) in [5.41, 5.74) is 1.32. The number of nitrogens with one attached hydrogen (secondary N) is 1. The Kier molecular flexibility index (Phi) is 4.75. The van der Waals surface area contributed by atoms with Gasteiger partial charge in [0.1, 0.15) is 0 Å². The van der Waals surface area contributed by atoms with E-state index in [-0.39, 0.29) is 11.4 Å². The molecule has 1 amide bonds. The lowest BCUT2D eigenvalue weighted by molar-refractivity contribution is 0.0885. The van der Waals surface area contributed by atoms with Crippen LogP contribution in [0.25, 0.3) is 0 Å². The van der Waals surface area contributed by atoms with Gasteiger partial charge in [0, 0.05) is 5.88 Å². The molecule has 0 unspecified atom stereocenters. The van der Waals surface area contributed by atoms with Crippen LogP contribution in [0.15, 0.2) is 18.2 Å². The van der Waals surface area contributed by atoms with Crippen LogP contribution >= 0.6 is 23.2 Å².